The first-order chi connectivity index (χ1) is 13.8. The van der Waals surface area contributed by atoms with E-state index in [9.17, 15) is 22.8 Å². The van der Waals surface area contributed by atoms with Crippen LogP contribution in [0.15, 0.2) is 42.6 Å². The van der Waals surface area contributed by atoms with Gasteiger partial charge in [0, 0.05) is 17.8 Å². The molecule has 3 rings (SSSR count). The maximum absolute atomic E-state index is 12.7. The number of carbonyl (C=O) groups is 2. The molecule has 0 spiro atoms. The van der Waals surface area contributed by atoms with Crippen LogP contribution in [0.4, 0.5) is 19.1 Å². The van der Waals surface area contributed by atoms with Crippen LogP contribution in [-0.4, -0.2) is 27.8 Å². The summed E-state index contributed by atoms with van der Waals surface area (Å²) in [7, 11) is 0. The van der Waals surface area contributed by atoms with Gasteiger partial charge in [-0.2, -0.15) is 13.2 Å². The van der Waals surface area contributed by atoms with Crippen LogP contribution in [0.25, 0.3) is 0 Å². The largest absolute Gasteiger partial charge is 0.433 e. The normalized spacial score (nSPS) is 19.3. The fourth-order valence-electron chi connectivity index (χ4n) is 3.25. The summed E-state index contributed by atoms with van der Waals surface area (Å²) in [6.45, 7) is 0. The Morgan fingerprint density at radius 3 is 2.48 bits per heavy atom. The molecule has 1 aliphatic carbocycles. The van der Waals surface area contributed by atoms with Crippen LogP contribution < -0.4 is 16.2 Å². The lowest BCUT2D eigenvalue weighted by molar-refractivity contribution is -0.141. The topological polar surface area (TPSA) is 96.0 Å². The van der Waals surface area contributed by atoms with E-state index in [4.69, 9.17) is 0 Å². The number of nitrogens with one attached hydrogen (secondary N) is 3. The van der Waals surface area contributed by atoms with Crippen molar-refractivity contribution in [1.29, 1.82) is 0 Å². The number of nitrogens with zero attached hydrogens (tertiary/aromatic N) is 2. The molecule has 10 heteroatoms. The summed E-state index contributed by atoms with van der Waals surface area (Å²) in [5.74, 6) is -1.60. The van der Waals surface area contributed by atoms with E-state index in [2.05, 4.69) is 26.1 Å². The maximum atomic E-state index is 12.7. The lowest BCUT2D eigenvalue weighted by Crippen LogP contribution is -2.49. The Morgan fingerprint density at radius 1 is 1.03 bits per heavy atom. The third kappa shape index (κ3) is 5.43. The summed E-state index contributed by atoms with van der Waals surface area (Å²) < 4.78 is 38.2. The van der Waals surface area contributed by atoms with Gasteiger partial charge in [0.05, 0.1) is 5.92 Å². The number of benzene rings is 1. The summed E-state index contributed by atoms with van der Waals surface area (Å²) in [4.78, 5) is 32.0. The number of hydrogen-bond donors (Lipinski definition) is 3. The van der Waals surface area contributed by atoms with E-state index < -0.39 is 23.7 Å². The summed E-state index contributed by atoms with van der Waals surface area (Å²) in [5.41, 5.74) is 4.06. The number of hydrazine groups is 1. The van der Waals surface area contributed by atoms with Crippen molar-refractivity contribution in [2.24, 2.45) is 5.92 Å². The van der Waals surface area contributed by atoms with E-state index in [1.807, 2.05) is 0 Å². The first-order valence-electron chi connectivity index (χ1n) is 9.16. The van der Waals surface area contributed by atoms with E-state index in [-0.39, 0.29) is 17.9 Å². The number of halogens is 3. The Hall–Kier alpha value is -3.17. The molecule has 0 saturated heterocycles. The molecule has 0 bridgehead atoms. The standard InChI is InChI=1S/C19H20F3N5O2/c20-19(21,22)15-10-11-23-18(25-15)27-26-17(29)13-8-4-5-9-14(13)24-16(28)12-6-2-1-3-7-12/h1-3,6-7,10-11,13-14H,4-5,8-9H2,(H,24,28)(H,26,29)(H,23,25,27)/t13-,14+/m1/s1. The molecule has 0 radical (unpaired) electrons. The minimum absolute atomic E-state index is 0.274. The van der Waals surface area contributed by atoms with Crippen molar-refractivity contribution in [2.75, 3.05) is 5.43 Å². The zero-order valence-electron chi connectivity index (χ0n) is 15.4. The van der Waals surface area contributed by atoms with E-state index in [0.29, 0.717) is 18.4 Å². The van der Waals surface area contributed by atoms with Gasteiger partial charge in [0.2, 0.25) is 11.9 Å². The van der Waals surface area contributed by atoms with Crippen LogP contribution >= 0.6 is 0 Å². The lowest BCUT2D eigenvalue weighted by atomic mass is 9.84. The third-order valence-electron chi connectivity index (χ3n) is 4.70. The van der Waals surface area contributed by atoms with Gasteiger partial charge in [-0.1, -0.05) is 31.0 Å². The molecule has 2 amide bonds. The number of rotatable bonds is 5. The van der Waals surface area contributed by atoms with Crippen LogP contribution in [0.2, 0.25) is 0 Å². The molecule has 29 heavy (non-hydrogen) atoms. The van der Waals surface area contributed by atoms with Crippen LogP contribution in [-0.2, 0) is 11.0 Å². The Labute approximate surface area is 165 Å². The van der Waals surface area contributed by atoms with Crippen LogP contribution in [0.1, 0.15) is 41.7 Å². The summed E-state index contributed by atoms with van der Waals surface area (Å²) in [5, 5.41) is 2.89. The zero-order valence-corrected chi connectivity index (χ0v) is 15.4. The number of anilines is 1. The molecule has 154 valence electrons. The summed E-state index contributed by atoms with van der Waals surface area (Å²) in [6, 6.07) is 9.02. The number of alkyl halides is 3. The average Bonchev–Trinajstić information content (AvgIpc) is 2.72. The van der Waals surface area contributed by atoms with Crippen LogP contribution in [0.3, 0.4) is 0 Å². The monoisotopic (exact) mass is 407 g/mol. The Balaban J connectivity index is 1.62. The van der Waals surface area contributed by atoms with Gasteiger partial charge in [0.25, 0.3) is 5.91 Å². The van der Waals surface area contributed by atoms with Crippen molar-refractivity contribution in [3.63, 3.8) is 0 Å². The summed E-state index contributed by atoms with van der Waals surface area (Å²) in [6.07, 6.45) is -0.787. The second kappa shape index (κ2) is 8.89. The predicted molar refractivity (Wildman–Crippen MR) is 98.5 cm³/mol. The van der Waals surface area contributed by atoms with Crippen LogP contribution in [0, 0.1) is 5.92 Å². The number of amides is 2. The zero-order chi connectivity index (χ0) is 20.9. The van der Waals surface area contributed by atoms with E-state index in [0.717, 1.165) is 25.1 Å². The van der Waals surface area contributed by atoms with Gasteiger partial charge in [-0.15, -0.1) is 0 Å². The number of hydrogen-bond acceptors (Lipinski definition) is 5. The molecular weight excluding hydrogens is 387 g/mol. The minimum atomic E-state index is -4.61. The molecule has 1 fully saturated rings. The molecule has 1 aliphatic rings. The van der Waals surface area contributed by atoms with E-state index in [1.165, 1.54) is 0 Å². The number of carbonyl (C=O) groups excluding carboxylic acids is 2. The fraction of sp³-hybridized carbons (Fsp3) is 0.368. The van der Waals surface area contributed by atoms with Gasteiger partial charge in [0.1, 0.15) is 5.69 Å². The summed E-state index contributed by atoms with van der Waals surface area (Å²) >= 11 is 0. The Morgan fingerprint density at radius 2 is 1.76 bits per heavy atom. The highest BCUT2D eigenvalue weighted by Crippen LogP contribution is 2.28. The molecular formula is C19H20F3N5O2. The number of aromatic nitrogens is 2. The molecule has 1 aromatic carbocycles. The minimum Gasteiger partial charge on any atom is -0.349 e. The highest BCUT2D eigenvalue weighted by Gasteiger charge is 2.34. The highest BCUT2D eigenvalue weighted by molar-refractivity contribution is 5.94. The molecule has 3 N–H and O–H groups in total. The molecule has 0 aliphatic heterocycles. The first kappa shape index (κ1) is 20.6. The smallest absolute Gasteiger partial charge is 0.349 e. The van der Waals surface area contributed by atoms with E-state index in [1.54, 1.807) is 30.3 Å². The lowest BCUT2D eigenvalue weighted by Gasteiger charge is -2.31. The van der Waals surface area contributed by atoms with Crippen molar-refractivity contribution < 1.29 is 22.8 Å². The van der Waals surface area contributed by atoms with Gasteiger partial charge in [0.15, 0.2) is 0 Å². The molecule has 1 saturated carbocycles. The Bertz CT molecular complexity index is 860. The second-order valence-electron chi connectivity index (χ2n) is 6.71. The maximum Gasteiger partial charge on any atom is 0.433 e. The molecule has 2 atom stereocenters. The van der Waals surface area contributed by atoms with Crippen molar-refractivity contribution in [3.8, 4) is 0 Å². The quantitative estimate of drug-likeness (QED) is 0.663. The van der Waals surface area contributed by atoms with Crippen molar-refractivity contribution in [2.45, 2.75) is 37.9 Å². The van der Waals surface area contributed by atoms with Gasteiger partial charge >= 0.3 is 6.18 Å². The van der Waals surface area contributed by atoms with Gasteiger partial charge in [-0.05, 0) is 31.0 Å². The fourth-order valence-corrected chi connectivity index (χ4v) is 3.25. The molecule has 1 aromatic heterocycles. The third-order valence-corrected chi connectivity index (χ3v) is 4.70. The van der Waals surface area contributed by atoms with Crippen molar-refractivity contribution in [3.05, 3.63) is 53.9 Å². The van der Waals surface area contributed by atoms with Crippen molar-refractivity contribution >= 4 is 17.8 Å². The SMILES string of the molecule is O=C(N[C@H]1CCCC[C@H]1C(=O)NNc1nccc(C(F)(F)F)n1)c1ccccc1. The molecule has 0 unspecified atom stereocenters. The molecule has 7 nitrogen and oxygen atoms in total. The highest BCUT2D eigenvalue weighted by atomic mass is 19.4. The second-order valence-corrected chi connectivity index (χ2v) is 6.71. The van der Waals surface area contributed by atoms with Gasteiger partial charge in [-0.3, -0.25) is 20.4 Å². The molecule has 2 aromatic rings. The first-order valence-corrected chi connectivity index (χ1v) is 9.16. The predicted octanol–water partition coefficient (Wildman–Crippen LogP) is 2.93. The Kier molecular flexibility index (Phi) is 6.30. The van der Waals surface area contributed by atoms with E-state index >= 15 is 0 Å². The molecule has 1 heterocycles. The van der Waals surface area contributed by atoms with Crippen molar-refractivity contribution in [1.82, 2.24) is 20.7 Å². The van der Waals surface area contributed by atoms with Crippen LogP contribution in [0.5, 0.6) is 0 Å². The van der Waals surface area contributed by atoms with Gasteiger partial charge < -0.3 is 5.32 Å². The average molecular weight is 407 g/mol. The van der Waals surface area contributed by atoms with Gasteiger partial charge in [-0.25, -0.2) is 9.97 Å².